The minimum Gasteiger partial charge on any atom is -0.265 e. The Labute approximate surface area is 183 Å². The Kier molecular flexibility index (Phi) is 6.92. The lowest BCUT2D eigenvalue weighted by Gasteiger charge is -2.36. The Bertz CT molecular complexity index is 1220. The molecule has 0 N–H and O–H groups in total. The summed E-state index contributed by atoms with van der Waals surface area (Å²) in [6.07, 6.45) is 2.32. The maximum Gasteiger partial charge on any atom is 0.264 e. The van der Waals surface area contributed by atoms with Crippen LogP contribution in [0.15, 0.2) is 59.5 Å². The quantitative estimate of drug-likeness (QED) is 0.547. The number of piperidine rings is 1. The molecule has 31 heavy (non-hydrogen) atoms. The summed E-state index contributed by atoms with van der Waals surface area (Å²) in [6.45, 7) is -0.0688. The fourth-order valence-electron chi connectivity index (χ4n) is 3.62. The maximum absolute atomic E-state index is 13.3. The number of sulfonamides is 1. The van der Waals surface area contributed by atoms with Gasteiger partial charge in [0.05, 0.1) is 29.3 Å². The molecule has 1 heterocycles. The van der Waals surface area contributed by atoms with Gasteiger partial charge >= 0.3 is 0 Å². The van der Waals surface area contributed by atoms with Crippen molar-refractivity contribution in [1.82, 2.24) is 4.31 Å². The van der Waals surface area contributed by atoms with Crippen LogP contribution in [0.2, 0.25) is 0 Å². The fourth-order valence-corrected chi connectivity index (χ4v) is 6.73. The van der Waals surface area contributed by atoms with Gasteiger partial charge in [-0.05, 0) is 35.6 Å². The lowest BCUT2D eigenvalue weighted by molar-refractivity contribution is 0.311. The van der Waals surface area contributed by atoms with Crippen molar-refractivity contribution < 1.29 is 29.4 Å². The number of hydrogen-bond acceptors (Lipinski definition) is 7. The molecule has 0 spiro atoms. The predicted octanol–water partition coefficient (Wildman–Crippen LogP) is 1.75. The molecule has 1 saturated heterocycles. The average molecular weight is 488 g/mol. The van der Waals surface area contributed by atoms with E-state index in [-0.39, 0.29) is 30.5 Å². The van der Waals surface area contributed by atoms with Crippen LogP contribution >= 0.6 is 0 Å². The lowest BCUT2D eigenvalue weighted by Crippen LogP contribution is -2.47. The standard InChI is InChI=1S/C20H25NO7S3/c1-29(22,23)21-13-18(17-6-4-3-5-7-17)12-20(14-21)31(26,27)19-10-8-16(9-11-19)15-28-30(2,24)25/h3-11,18,20H,12-15H2,1-2H3/t18-,20+/m1/s1. The first-order chi connectivity index (χ1) is 14.4. The summed E-state index contributed by atoms with van der Waals surface area (Å²) < 4.78 is 79.3. The van der Waals surface area contributed by atoms with Gasteiger partial charge in [-0.2, -0.15) is 8.42 Å². The van der Waals surface area contributed by atoms with Crippen molar-refractivity contribution in [2.75, 3.05) is 25.6 Å². The number of sulfone groups is 1. The minimum atomic E-state index is -3.82. The van der Waals surface area contributed by atoms with Crippen LogP contribution in [0.5, 0.6) is 0 Å². The van der Waals surface area contributed by atoms with Crippen LogP contribution in [0.3, 0.4) is 0 Å². The normalized spacial score (nSPS) is 21.1. The molecule has 11 heteroatoms. The Balaban J connectivity index is 1.87. The minimum absolute atomic E-state index is 0.0581. The molecule has 2 atom stereocenters. The summed E-state index contributed by atoms with van der Waals surface area (Å²) in [5, 5.41) is -0.903. The highest BCUT2D eigenvalue weighted by Gasteiger charge is 2.39. The van der Waals surface area contributed by atoms with E-state index in [4.69, 9.17) is 4.18 Å². The zero-order chi connectivity index (χ0) is 22.9. The SMILES string of the molecule is CS(=O)(=O)OCc1ccc(S(=O)(=O)[C@H]2C[C@@H](c3ccccc3)CN(S(C)(=O)=O)C2)cc1. The Morgan fingerprint density at radius 3 is 2.03 bits per heavy atom. The van der Waals surface area contributed by atoms with Crippen LogP contribution in [0, 0.1) is 0 Å². The van der Waals surface area contributed by atoms with Crippen molar-refractivity contribution in [2.45, 2.75) is 29.1 Å². The third kappa shape index (κ3) is 6.13. The zero-order valence-corrected chi connectivity index (χ0v) is 19.7. The van der Waals surface area contributed by atoms with E-state index in [0.717, 1.165) is 18.1 Å². The second-order valence-corrected chi connectivity index (χ2v) is 13.6. The molecule has 1 fully saturated rings. The van der Waals surface area contributed by atoms with E-state index < -0.39 is 35.2 Å². The summed E-state index contributed by atoms with van der Waals surface area (Å²) in [7, 11) is -11.0. The predicted molar refractivity (Wildman–Crippen MR) is 117 cm³/mol. The number of rotatable bonds is 7. The molecule has 2 aromatic rings. The van der Waals surface area contributed by atoms with Crippen LogP contribution in [-0.2, 0) is 40.8 Å². The molecular weight excluding hydrogens is 462 g/mol. The zero-order valence-electron chi connectivity index (χ0n) is 17.2. The molecule has 0 radical (unpaired) electrons. The van der Waals surface area contributed by atoms with Crippen LogP contribution in [0.25, 0.3) is 0 Å². The first kappa shape index (κ1) is 23.9. The van der Waals surface area contributed by atoms with E-state index in [2.05, 4.69) is 0 Å². The highest BCUT2D eigenvalue weighted by Crippen LogP contribution is 2.33. The summed E-state index contributed by atoms with van der Waals surface area (Å²) in [6, 6.07) is 15.1. The second kappa shape index (κ2) is 8.99. The molecule has 0 aromatic heterocycles. The first-order valence-corrected chi connectivity index (χ1v) is 14.7. The van der Waals surface area contributed by atoms with Gasteiger partial charge in [-0.3, -0.25) is 4.18 Å². The van der Waals surface area contributed by atoms with Gasteiger partial charge in [-0.15, -0.1) is 0 Å². The van der Waals surface area contributed by atoms with Crippen molar-refractivity contribution in [3.05, 3.63) is 65.7 Å². The van der Waals surface area contributed by atoms with Gasteiger partial charge in [0.25, 0.3) is 10.1 Å². The van der Waals surface area contributed by atoms with Gasteiger partial charge < -0.3 is 0 Å². The van der Waals surface area contributed by atoms with Crippen LogP contribution in [0.1, 0.15) is 23.5 Å². The van der Waals surface area contributed by atoms with E-state index >= 15 is 0 Å². The van der Waals surface area contributed by atoms with Crippen molar-refractivity contribution in [1.29, 1.82) is 0 Å². The molecule has 170 valence electrons. The molecule has 0 unspecified atom stereocenters. The molecule has 2 aromatic carbocycles. The van der Waals surface area contributed by atoms with Gasteiger partial charge in [-0.25, -0.2) is 21.1 Å². The van der Waals surface area contributed by atoms with E-state index in [1.165, 1.54) is 28.6 Å². The van der Waals surface area contributed by atoms with Crippen molar-refractivity contribution in [3.8, 4) is 0 Å². The summed E-state index contributed by atoms with van der Waals surface area (Å²) in [5.41, 5.74) is 1.40. The maximum atomic E-state index is 13.3. The molecule has 0 saturated carbocycles. The molecule has 0 bridgehead atoms. The molecule has 0 aliphatic carbocycles. The van der Waals surface area contributed by atoms with Gasteiger partial charge in [0.15, 0.2) is 9.84 Å². The highest BCUT2D eigenvalue weighted by molar-refractivity contribution is 7.92. The number of hydrogen-bond donors (Lipinski definition) is 0. The van der Waals surface area contributed by atoms with Crippen molar-refractivity contribution in [2.24, 2.45) is 0 Å². The van der Waals surface area contributed by atoms with E-state index in [1.54, 1.807) is 0 Å². The van der Waals surface area contributed by atoms with Gasteiger partial charge in [-0.1, -0.05) is 42.5 Å². The van der Waals surface area contributed by atoms with E-state index in [9.17, 15) is 25.3 Å². The van der Waals surface area contributed by atoms with Crippen molar-refractivity contribution in [3.63, 3.8) is 0 Å². The van der Waals surface area contributed by atoms with Crippen LogP contribution in [-0.4, -0.2) is 60.4 Å². The summed E-state index contributed by atoms with van der Waals surface area (Å²) >= 11 is 0. The molecule has 1 aliphatic heterocycles. The third-order valence-electron chi connectivity index (χ3n) is 5.25. The smallest absolute Gasteiger partial charge is 0.264 e. The first-order valence-electron chi connectivity index (χ1n) is 9.53. The topological polar surface area (TPSA) is 115 Å². The van der Waals surface area contributed by atoms with Crippen LogP contribution in [0.4, 0.5) is 0 Å². The molecule has 1 aliphatic rings. The molecule has 0 amide bonds. The van der Waals surface area contributed by atoms with Gasteiger partial charge in [0, 0.05) is 13.1 Å². The number of benzene rings is 2. The largest absolute Gasteiger partial charge is 0.265 e. The molecular formula is C20H25NO7S3. The summed E-state index contributed by atoms with van der Waals surface area (Å²) in [4.78, 5) is 0.0581. The Hall–Kier alpha value is -1.79. The highest BCUT2D eigenvalue weighted by atomic mass is 32.2. The number of nitrogens with zero attached hydrogens (tertiary/aromatic N) is 1. The fraction of sp³-hybridized carbons (Fsp3) is 0.400. The van der Waals surface area contributed by atoms with Gasteiger partial charge in [0.2, 0.25) is 10.0 Å². The second-order valence-electron chi connectivity index (χ2n) is 7.70. The van der Waals surface area contributed by atoms with Crippen LogP contribution < -0.4 is 0 Å². The molecule has 8 nitrogen and oxygen atoms in total. The molecule has 3 rings (SSSR count). The summed E-state index contributed by atoms with van der Waals surface area (Å²) in [5.74, 6) is -0.244. The monoisotopic (exact) mass is 487 g/mol. The average Bonchev–Trinajstić information content (AvgIpc) is 2.72. The third-order valence-corrected chi connectivity index (χ3v) is 9.18. The van der Waals surface area contributed by atoms with E-state index in [0.29, 0.717) is 12.0 Å². The Morgan fingerprint density at radius 2 is 1.48 bits per heavy atom. The van der Waals surface area contributed by atoms with Gasteiger partial charge in [0.1, 0.15) is 0 Å². The lowest BCUT2D eigenvalue weighted by atomic mass is 9.91. The van der Waals surface area contributed by atoms with Crippen molar-refractivity contribution >= 4 is 30.0 Å². The Morgan fingerprint density at radius 1 is 0.871 bits per heavy atom. The van der Waals surface area contributed by atoms with E-state index in [1.807, 2.05) is 30.3 Å².